The van der Waals surface area contributed by atoms with Crippen LogP contribution in [-0.2, 0) is 0 Å². The topological polar surface area (TPSA) is 38.7 Å². The van der Waals surface area contributed by atoms with Gasteiger partial charge in [0, 0.05) is 33.5 Å². The maximum absolute atomic E-state index is 5.26. The first-order valence-corrected chi connectivity index (χ1v) is 13.5. The van der Waals surface area contributed by atoms with Crippen LogP contribution in [0, 0.1) is 0 Å². The van der Waals surface area contributed by atoms with Crippen molar-refractivity contribution in [3.05, 3.63) is 128 Å². The number of hydrogen-bond acceptors (Lipinski definition) is 3. The number of para-hydroxylation sites is 1. The van der Waals surface area contributed by atoms with Crippen LogP contribution in [0.15, 0.2) is 128 Å². The monoisotopic (exact) mass is 507 g/mol. The van der Waals surface area contributed by atoms with Crippen molar-refractivity contribution in [2.24, 2.45) is 0 Å². The highest BCUT2D eigenvalue weighted by atomic mass is 14.8. The summed E-state index contributed by atoms with van der Waals surface area (Å²) in [6.07, 6.45) is 1.91. The van der Waals surface area contributed by atoms with Crippen LogP contribution in [0.2, 0.25) is 0 Å². The molecule has 0 saturated heterocycles. The number of benzene rings is 5. The number of nitrogens with zero attached hydrogens (tertiary/aromatic N) is 3. The van der Waals surface area contributed by atoms with Crippen molar-refractivity contribution < 1.29 is 0 Å². The summed E-state index contributed by atoms with van der Waals surface area (Å²) in [6.45, 7) is 0. The third-order valence-electron chi connectivity index (χ3n) is 8.23. The molecule has 3 heteroatoms. The highest BCUT2D eigenvalue weighted by Crippen LogP contribution is 2.49. The third-order valence-corrected chi connectivity index (χ3v) is 8.23. The standard InChI is InChI=1S/C37H21N3/c1-4-11-32-24(6-1)20-25(21-38-32)33-18-14-22-12-13-23-15-19-34(40-37(23)36(22)39-33)28-16-17-31-27-8-3-2-7-26(27)29-9-5-10-30(28)35(29)31/h1-21H. The lowest BCUT2D eigenvalue weighted by Gasteiger charge is -2.11. The van der Waals surface area contributed by atoms with Gasteiger partial charge in [0.2, 0.25) is 0 Å². The van der Waals surface area contributed by atoms with Gasteiger partial charge in [-0.2, -0.15) is 0 Å². The number of aromatic nitrogens is 3. The Morgan fingerprint density at radius 1 is 0.425 bits per heavy atom. The van der Waals surface area contributed by atoms with E-state index in [0.717, 1.165) is 55.2 Å². The molecule has 0 atom stereocenters. The summed E-state index contributed by atoms with van der Waals surface area (Å²) in [5.41, 5.74) is 12.0. The van der Waals surface area contributed by atoms with E-state index in [-0.39, 0.29) is 0 Å². The van der Waals surface area contributed by atoms with Crippen molar-refractivity contribution >= 4 is 43.5 Å². The molecule has 0 amide bonds. The summed E-state index contributed by atoms with van der Waals surface area (Å²) in [5.74, 6) is 0. The number of pyridine rings is 3. The average molecular weight is 508 g/mol. The van der Waals surface area contributed by atoms with Gasteiger partial charge in [0.05, 0.1) is 27.9 Å². The fraction of sp³-hybridized carbons (Fsp3) is 0. The lowest BCUT2D eigenvalue weighted by atomic mass is 9.96. The third kappa shape index (κ3) is 3.03. The average Bonchev–Trinajstić information content (AvgIpc) is 3.35. The Morgan fingerprint density at radius 3 is 1.88 bits per heavy atom. The lowest BCUT2D eigenvalue weighted by molar-refractivity contribution is 1.34. The molecule has 0 unspecified atom stereocenters. The van der Waals surface area contributed by atoms with E-state index in [4.69, 9.17) is 9.97 Å². The Kier molecular flexibility index (Phi) is 4.33. The van der Waals surface area contributed by atoms with E-state index in [1.54, 1.807) is 0 Å². The molecular formula is C37H21N3. The fourth-order valence-electron chi connectivity index (χ4n) is 6.32. The molecule has 184 valence electrons. The van der Waals surface area contributed by atoms with Crippen LogP contribution in [0.5, 0.6) is 0 Å². The molecule has 8 aromatic rings. The van der Waals surface area contributed by atoms with Gasteiger partial charge >= 0.3 is 0 Å². The SMILES string of the molecule is c1ccc2c(c1)-c1cccc3c(-c4ccc5ccc6ccc(-c7cnc8ccccc8c7)nc6c5n4)ccc-2c13. The van der Waals surface area contributed by atoms with Crippen molar-refractivity contribution in [2.45, 2.75) is 0 Å². The van der Waals surface area contributed by atoms with Crippen LogP contribution in [0.3, 0.4) is 0 Å². The number of rotatable bonds is 2. The number of hydrogen-bond donors (Lipinski definition) is 0. The van der Waals surface area contributed by atoms with E-state index in [1.807, 2.05) is 24.4 Å². The zero-order valence-corrected chi connectivity index (χ0v) is 21.5. The van der Waals surface area contributed by atoms with Gasteiger partial charge in [0.25, 0.3) is 0 Å². The first kappa shape index (κ1) is 21.5. The molecule has 0 aliphatic heterocycles. The minimum Gasteiger partial charge on any atom is -0.256 e. The van der Waals surface area contributed by atoms with Crippen LogP contribution in [0.4, 0.5) is 0 Å². The second kappa shape index (κ2) is 8.05. The molecular weight excluding hydrogens is 486 g/mol. The Bertz CT molecular complexity index is 2310. The van der Waals surface area contributed by atoms with Crippen LogP contribution < -0.4 is 0 Å². The quantitative estimate of drug-likeness (QED) is 0.219. The Balaban J connectivity index is 1.25. The fourth-order valence-corrected chi connectivity index (χ4v) is 6.32. The molecule has 3 aromatic heterocycles. The second-order valence-corrected chi connectivity index (χ2v) is 10.5. The van der Waals surface area contributed by atoms with E-state index < -0.39 is 0 Å². The van der Waals surface area contributed by atoms with Gasteiger partial charge < -0.3 is 0 Å². The van der Waals surface area contributed by atoms with Crippen molar-refractivity contribution in [3.63, 3.8) is 0 Å². The Hall–Kier alpha value is -5.41. The lowest BCUT2D eigenvalue weighted by Crippen LogP contribution is -1.92. The zero-order valence-electron chi connectivity index (χ0n) is 21.5. The maximum Gasteiger partial charge on any atom is 0.0972 e. The van der Waals surface area contributed by atoms with Crippen LogP contribution in [0.1, 0.15) is 0 Å². The molecule has 3 heterocycles. The van der Waals surface area contributed by atoms with Crippen molar-refractivity contribution in [3.8, 4) is 44.8 Å². The number of fused-ring (bicyclic) bond motifs is 7. The summed E-state index contributed by atoms with van der Waals surface area (Å²) in [4.78, 5) is 15.1. The van der Waals surface area contributed by atoms with Crippen molar-refractivity contribution in [2.75, 3.05) is 0 Å². The molecule has 0 spiro atoms. The molecule has 3 nitrogen and oxygen atoms in total. The molecule has 40 heavy (non-hydrogen) atoms. The van der Waals surface area contributed by atoms with Crippen molar-refractivity contribution in [1.29, 1.82) is 0 Å². The molecule has 9 rings (SSSR count). The highest BCUT2D eigenvalue weighted by Gasteiger charge is 2.22. The molecule has 0 N–H and O–H groups in total. The molecule has 0 fully saturated rings. The summed E-state index contributed by atoms with van der Waals surface area (Å²) in [6, 6.07) is 42.9. The smallest absolute Gasteiger partial charge is 0.0972 e. The minimum absolute atomic E-state index is 0.897. The van der Waals surface area contributed by atoms with E-state index in [9.17, 15) is 0 Å². The summed E-state index contributed by atoms with van der Waals surface area (Å²) in [5, 5.41) is 5.80. The Morgan fingerprint density at radius 2 is 1.05 bits per heavy atom. The van der Waals surface area contributed by atoms with Gasteiger partial charge in [-0.15, -0.1) is 0 Å². The first-order valence-electron chi connectivity index (χ1n) is 13.5. The predicted octanol–water partition coefficient (Wildman–Crippen LogP) is 9.47. The minimum atomic E-state index is 0.897. The molecule has 0 saturated carbocycles. The van der Waals surface area contributed by atoms with Gasteiger partial charge in [-0.3, -0.25) is 4.98 Å². The van der Waals surface area contributed by atoms with E-state index in [1.165, 1.54) is 33.0 Å². The molecule has 0 radical (unpaired) electrons. The van der Waals surface area contributed by atoms with Crippen LogP contribution in [-0.4, -0.2) is 15.0 Å². The zero-order chi connectivity index (χ0) is 26.2. The summed E-state index contributed by atoms with van der Waals surface area (Å²) < 4.78 is 0. The largest absolute Gasteiger partial charge is 0.256 e. The predicted molar refractivity (Wildman–Crippen MR) is 165 cm³/mol. The molecule has 0 bridgehead atoms. The van der Waals surface area contributed by atoms with E-state index in [0.29, 0.717) is 0 Å². The molecule has 1 aliphatic carbocycles. The first-order chi connectivity index (χ1) is 19.8. The second-order valence-electron chi connectivity index (χ2n) is 10.5. The maximum atomic E-state index is 5.26. The Labute approximate surface area is 230 Å². The molecule has 5 aromatic carbocycles. The van der Waals surface area contributed by atoms with E-state index >= 15 is 0 Å². The van der Waals surface area contributed by atoms with Crippen LogP contribution in [0.25, 0.3) is 88.2 Å². The van der Waals surface area contributed by atoms with Crippen molar-refractivity contribution in [1.82, 2.24) is 15.0 Å². The normalized spacial score (nSPS) is 12.0. The summed E-state index contributed by atoms with van der Waals surface area (Å²) >= 11 is 0. The molecule has 1 aliphatic rings. The van der Waals surface area contributed by atoms with Gasteiger partial charge in [-0.25, -0.2) is 9.97 Å². The van der Waals surface area contributed by atoms with Gasteiger partial charge in [-0.1, -0.05) is 97.1 Å². The van der Waals surface area contributed by atoms with E-state index in [2.05, 4.69) is 108 Å². The van der Waals surface area contributed by atoms with Gasteiger partial charge in [0.1, 0.15) is 0 Å². The van der Waals surface area contributed by atoms with Gasteiger partial charge in [0.15, 0.2) is 0 Å². The highest BCUT2D eigenvalue weighted by molar-refractivity contribution is 6.18. The van der Waals surface area contributed by atoms with Crippen LogP contribution >= 0.6 is 0 Å². The summed E-state index contributed by atoms with van der Waals surface area (Å²) in [7, 11) is 0. The van der Waals surface area contributed by atoms with Gasteiger partial charge in [-0.05, 0) is 57.3 Å².